The van der Waals surface area contributed by atoms with Gasteiger partial charge in [0.05, 0.1) is 6.61 Å². The summed E-state index contributed by atoms with van der Waals surface area (Å²) in [4.78, 5) is 0. The molecule has 1 N–H and O–H groups in total. The maximum atomic E-state index is 13.4. The summed E-state index contributed by atoms with van der Waals surface area (Å²) < 4.78 is 45.8. The smallest absolute Gasteiger partial charge is 0.417 e. The molecule has 2 rings (SSSR count). The number of thiol groups is 1. The highest BCUT2D eigenvalue weighted by Crippen LogP contribution is 2.46. The predicted octanol–water partition coefficient (Wildman–Crippen LogP) is 3.40. The largest absolute Gasteiger partial charge is 0.493 e. The van der Waals surface area contributed by atoms with Gasteiger partial charge in [-0.15, -0.1) is 9.24 Å². The van der Waals surface area contributed by atoms with Crippen LogP contribution in [0.4, 0.5) is 13.2 Å². The second-order valence-electron chi connectivity index (χ2n) is 6.72. The number of hydrogen-bond donors (Lipinski definition) is 2. The number of alkyl halides is 3. The van der Waals surface area contributed by atoms with Crippen LogP contribution in [0.2, 0.25) is 0 Å². The fourth-order valence-corrected chi connectivity index (χ4v) is 3.91. The zero-order valence-corrected chi connectivity index (χ0v) is 15.3. The van der Waals surface area contributed by atoms with E-state index in [0.717, 1.165) is 17.3 Å². The Hall–Kier alpha value is -0.450. The van der Waals surface area contributed by atoms with Gasteiger partial charge in [0.1, 0.15) is 5.75 Å². The summed E-state index contributed by atoms with van der Waals surface area (Å²) in [5.74, 6) is 0.626. The maximum absolute atomic E-state index is 13.4. The molecule has 0 spiro atoms. The molecule has 0 fully saturated rings. The standard InChI is InChI=1S/C16H22F3O2PS/c1-14(2,9-15(20,4-6-23)16(17,18)19)12-8-11(22)7-10-3-5-21-13(10)12/h7-8,20,23H,3-6,9,22H2,1-2H3/t15-/m1/s1. The van der Waals surface area contributed by atoms with Crippen LogP contribution in [0.5, 0.6) is 5.75 Å². The molecule has 0 saturated heterocycles. The third-order valence-electron chi connectivity index (χ3n) is 4.32. The highest BCUT2D eigenvalue weighted by molar-refractivity contribution is 7.80. The lowest BCUT2D eigenvalue weighted by atomic mass is 9.73. The molecule has 2 nitrogen and oxygen atoms in total. The normalized spacial score (nSPS) is 17.6. The predicted molar refractivity (Wildman–Crippen MR) is 92.1 cm³/mol. The zero-order chi connectivity index (χ0) is 17.5. The number of fused-ring (bicyclic) bond motifs is 1. The molecule has 2 atom stereocenters. The van der Waals surface area contributed by atoms with Crippen molar-refractivity contribution in [1.29, 1.82) is 0 Å². The molecule has 0 saturated carbocycles. The van der Waals surface area contributed by atoms with Crippen molar-refractivity contribution >= 4 is 27.2 Å². The summed E-state index contributed by atoms with van der Waals surface area (Å²) in [7, 11) is 2.58. The second-order valence-corrected chi connectivity index (χ2v) is 7.83. The summed E-state index contributed by atoms with van der Waals surface area (Å²) in [5, 5.41) is 11.1. The van der Waals surface area contributed by atoms with Gasteiger partial charge in [0, 0.05) is 12.0 Å². The van der Waals surface area contributed by atoms with E-state index in [-0.39, 0.29) is 5.75 Å². The van der Waals surface area contributed by atoms with Crippen molar-refractivity contribution in [2.24, 2.45) is 0 Å². The van der Waals surface area contributed by atoms with E-state index in [4.69, 9.17) is 4.74 Å². The first-order chi connectivity index (χ1) is 10.5. The Kier molecular flexibility index (Phi) is 5.30. The summed E-state index contributed by atoms with van der Waals surface area (Å²) in [6.45, 7) is 3.96. The molecule has 1 unspecified atom stereocenters. The third-order valence-corrected chi connectivity index (χ3v) is 4.88. The van der Waals surface area contributed by atoms with Crippen LogP contribution in [0.25, 0.3) is 0 Å². The van der Waals surface area contributed by atoms with E-state index in [9.17, 15) is 18.3 Å². The van der Waals surface area contributed by atoms with Crippen LogP contribution in [0.1, 0.15) is 37.8 Å². The van der Waals surface area contributed by atoms with Gasteiger partial charge in [0.15, 0.2) is 5.60 Å². The van der Waals surface area contributed by atoms with E-state index in [0.29, 0.717) is 17.9 Å². The molecule has 130 valence electrons. The second kappa shape index (κ2) is 6.45. The molecule has 7 heteroatoms. The summed E-state index contributed by atoms with van der Waals surface area (Å²) in [6, 6.07) is 3.79. The van der Waals surface area contributed by atoms with Crippen LogP contribution >= 0.6 is 21.9 Å². The monoisotopic (exact) mass is 366 g/mol. The molecule has 0 aliphatic carbocycles. The van der Waals surface area contributed by atoms with Crippen molar-refractivity contribution in [2.75, 3.05) is 12.4 Å². The number of benzene rings is 1. The molecular formula is C16H22F3O2PS. The minimum absolute atomic E-state index is 0.0373. The molecule has 23 heavy (non-hydrogen) atoms. The molecule has 1 heterocycles. The van der Waals surface area contributed by atoms with Crippen LogP contribution < -0.4 is 10.0 Å². The van der Waals surface area contributed by atoms with Gasteiger partial charge in [-0.3, -0.25) is 0 Å². The number of halogens is 3. The minimum Gasteiger partial charge on any atom is -0.493 e. The number of aliphatic hydroxyl groups is 1. The average Bonchev–Trinajstić information content (AvgIpc) is 2.83. The summed E-state index contributed by atoms with van der Waals surface area (Å²) in [5.41, 5.74) is -1.95. The lowest BCUT2D eigenvalue weighted by Crippen LogP contribution is -2.49. The van der Waals surface area contributed by atoms with Gasteiger partial charge in [0.2, 0.25) is 0 Å². The van der Waals surface area contributed by atoms with Gasteiger partial charge in [-0.25, -0.2) is 0 Å². The molecule has 0 radical (unpaired) electrons. The van der Waals surface area contributed by atoms with Gasteiger partial charge in [-0.1, -0.05) is 13.8 Å². The highest BCUT2D eigenvalue weighted by Gasteiger charge is 2.55. The first-order valence-corrected chi connectivity index (χ1v) is 8.67. The molecule has 1 aromatic carbocycles. The van der Waals surface area contributed by atoms with Gasteiger partial charge in [0.25, 0.3) is 0 Å². The van der Waals surface area contributed by atoms with Crippen molar-refractivity contribution < 1.29 is 23.0 Å². The fourth-order valence-electron chi connectivity index (χ4n) is 3.18. The minimum atomic E-state index is -4.70. The Bertz CT molecular complexity index is 589. The van der Waals surface area contributed by atoms with Crippen molar-refractivity contribution in [1.82, 2.24) is 0 Å². The van der Waals surface area contributed by atoms with Crippen LogP contribution in [-0.2, 0) is 11.8 Å². The zero-order valence-electron chi connectivity index (χ0n) is 13.2. The van der Waals surface area contributed by atoms with E-state index < -0.39 is 30.0 Å². The van der Waals surface area contributed by atoms with Crippen LogP contribution in [0.3, 0.4) is 0 Å². The molecule has 1 aliphatic rings. The van der Waals surface area contributed by atoms with E-state index >= 15 is 0 Å². The van der Waals surface area contributed by atoms with Crippen molar-refractivity contribution in [2.45, 2.75) is 50.3 Å². The Morgan fingerprint density at radius 1 is 1.30 bits per heavy atom. The Labute approximate surface area is 142 Å². The first kappa shape index (κ1) is 18.9. The lowest BCUT2D eigenvalue weighted by Gasteiger charge is -2.38. The summed E-state index contributed by atoms with van der Waals surface area (Å²) >= 11 is 3.88. The molecular weight excluding hydrogens is 344 g/mol. The van der Waals surface area contributed by atoms with Gasteiger partial charge < -0.3 is 9.84 Å². The van der Waals surface area contributed by atoms with E-state index in [1.165, 1.54) is 0 Å². The molecule has 0 amide bonds. The van der Waals surface area contributed by atoms with Crippen molar-refractivity contribution in [3.63, 3.8) is 0 Å². The third kappa shape index (κ3) is 3.80. The topological polar surface area (TPSA) is 29.5 Å². The Morgan fingerprint density at radius 2 is 1.96 bits per heavy atom. The van der Waals surface area contributed by atoms with Crippen LogP contribution in [0, 0.1) is 0 Å². The lowest BCUT2D eigenvalue weighted by molar-refractivity contribution is -0.267. The fraction of sp³-hybridized carbons (Fsp3) is 0.625. The first-order valence-electron chi connectivity index (χ1n) is 7.46. The van der Waals surface area contributed by atoms with Crippen LogP contribution in [0.15, 0.2) is 12.1 Å². The van der Waals surface area contributed by atoms with Gasteiger partial charge >= 0.3 is 6.18 Å². The van der Waals surface area contributed by atoms with Crippen LogP contribution in [-0.4, -0.2) is 29.2 Å². The number of ether oxygens (including phenoxy) is 1. The van der Waals surface area contributed by atoms with Gasteiger partial charge in [-0.2, -0.15) is 25.8 Å². The SMILES string of the molecule is CC(C)(C[C@](O)(CCS)C(F)(F)F)c1cc(P)cc2c1OCC2. The van der Waals surface area contributed by atoms with E-state index in [2.05, 4.69) is 21.9 Å². The quantitative estimate of drug-likeness (QED) is 0.618. The van der Waals surface area contributed by atoms with Crippen molar-refractivity contribution in [3.8, 4) is 5.75 Å². The highest BCUT2D eigenvalue weighted by atomic mass is 32.1. The average molecular weight is 366 g/mol. The molecule has 1 aromatic rings. The van der Waals surface area contributed by atoms with Crippen molar-refractivity contribution in [3.05, 3.63) is 23.3 Å². The molecule has 0 aromatic heterocycles. The molecule has 0 bridgehead atoms. The number of rotatable bonds is 5. The Balaban J connectivity index is 2.42. The van der Waals surface area contributed by atoms with E-state index in [1.54, 1.807) is 13.8 Å². The molecule has 1 aliphatic heterocycles. The maximum Gasteiger partial charge on any atom is 0.417 e. The summed E-state index contributed by atoms with van der Waals surface area (Å²) in [6.07, 6.45) is -4.82. The number of hydrogen-bond acceptors (Lipinski definition) is 3. The van der Waals surface area contributed by atoms with Gasteiger partial charge in [-0.05, 0) is 47.0 Å². The Morgan fingerprint density at radius 3 is 2.52 bits per heavy atom. The van der Waals surface area contributed by atoms with E-state index in [1.807, 2.05) is 12.1 Å².